The Balaban J connectivity index is 1.63. The van der Waals surface area contributed by atoms with Crippen molar-refractivity contribution >= 4 is 23.2 Å². The van der Waals surface area contributed by atoms with E-state index in [-0.39, 0.29) is 24.1 Å². The first-order valence-electron chi connectivity index (χ1n) is 7.50. The van der Waals surface area contributed by atoms with Crippen LogP contribution in [-0.4, -0.2) is 43.5 Å². The van der Waals surface area contributed by atoms with Crippen LogP contribution >= 0.6 is 11.3 Å². The molecule has 0 fully saturated rings. The van der Waals surface area contributed by atoms with Gasteiger partial charge in [0.15, 0.2) is 0 Å². The molecule has 2 amide bonds. The molecular weight excluding hydrogens is 331 g/mol. The number of nitrogens with zero attached hydrogens (tertiary/aromatic N) is 1. The van der Waals surface area contributed by atoms with E-state index in [1.165, 1.54) is 35.6 Å². The first-order valence-corrected chi connectivity index (χ1v) is 8.38. The van der Waals surface area contributed by atoms with Crippen LogP contribution in [-0.2, 0) is 4.79 Å². The smallest absolute Gasteiger partial charge is 0.261 e. The summed E-state index contributed by atoms with van der Waals surface area (Å²) in [6, 6.07) is 9.26. The number of carbonyl (C=O) groups is 2. The van der Waals surface area contributed by atoms with Crippen molar-refractivity contribution in [1.29, 1.82) is 0 Å². The van der Waals surface area contributed by atoms with Crippen LogP contribution in [0.25, 0.3) is 0 Å². The number of likely N-dealkylation sites (N-methyl/N-ethyl adjacent to an activating group) is 1. The highest BCUT2D eigenvalue weighted by atomic mass is 32.1. The van der Waals surface area contributed by atoms with E-state index in [1.54, 1.807) is 24.1 Å². The highest BCUT2D eigenvalue weighted by molar-refractivity contribution is 7.12. The third-order valence-electron chi connectivity index (χ3n) is 3.30. The van der Waals surface area contributed by atoms with Crippen LogP contribution in [0, 0.1) is 5.82 Å². The first kappa shape index (κ1) is 17.9. The Kier molecular flexibility index (Phi) is 6.74. The summed E-state index contributed by atoms with van der Waals surface area (Å²) >= 11 is 1.36. The zero-order valence-corrected chi connectivity index (χ0v) is 14.1. The SMILES string of the molecule is CN(CCOc1ccc(F)cc1)C(=O)CCNC(=O)c1cccs1. The molecule has 0 atom stereocenters. The minimum atomic E-state index is -0.320. The maximum absolute atomic E-state index is 12.8. The van der Waals surface area contributed by atoms with Gasteiger partial charge in [-0.2, -0.15) is 0 Å². The molecule has 2 aromatic rings. The van der Waals surface area contributed by atoms with E-state index in [0.29, 0.717) is 30.3 Å². The number of halogens is 1. The van der Waals surface area contributed by atoms with E-state index < -0.39 is 0 Å². The molecule has 0 bridgehead atoms. The first-order chi connectivity index (χ1) is 11.6. The van der Waals surface area contributed by atoms with E-state index in [9.17, 15) is 14.0 Å². The van der Waals surface area contributed by atoms with Crippen LogP contribution in [0.2, 0.25) is 0 Å². The van der Waals surface area contributed by atoms with E-state index >= 15 is 0 Å². The molecule has 7 heteroatoms. The van der Waals surface area contributed by atoms with Crippen LogP contribution in [0.1, 0.15) is 16.1 Å². The van der Waals surface area contributed by atoms with Crippen molar-refractivity contribution in [2.45, 2.75) is 6.42 Å². The predicted molar refractivity (Wildman–Crippen MR) is 90.8 cm³/mol. The number of hydrogen-bond acceptors (Lipinski definition) is 4. The molecule has 0 aliphatic carbocycles. The van der Waals surface area contributed by atoms with Gasteiger partial charge in [-0.25, -0.2) is 4.39 Å². The molecule has 24 heavy (non-hydrogen) atoms. The number of hydrogen-bond donors (Lipinski definition) is 1. The Labute approximate surface area is 144 Å². The monoisotopic (exact) mass is 350 g/mol. The number of ether oxygens (including phenoxy) is 1. The van der Waals surface area contributed by atoms with Crippen molar-refractivity contribution in [1.82, 2.24) is 10.2 Å². The second-order valence-corrected chi connectivity index (χ2v) is 6.05. The molecule has 1 N–H and O–H groups in total. The quantitative estimate of drug-likeness (QED) is 0.796. The predicted octanol–water partition coefficient (Wildman–Crippen LogP) is 2.54. The third kappa shape index (κ3) is 5.66. The van der Waals surface area contributed by atoms with Crippen LogP contribution in [0.5, 0.6) is 5.75 Å². The van der Waals surface area contributed by atoms with Crippen LogP contribution in [0.15, 0.2) is 41.8 Å². The summed E-state index contributed by atoms with van der Waals surface area (Å²) in [6.45, 7) is 1.02. The summed E-state index contributed by atoms with van der Waals surface area (Å²) in [7, 11) is 1.68. The van der Waals surface area contributed by atoms with Gasteiger partial charge in [0, 0.05) is 20.0 Å². The summed E-state index contributed by atoms with van der Waals surface area (Å²) in [4.78, 5) is 25.9. The van der Waals surface area contributed by atoms with Gasteiger partial charge in [-0.15, -0.1) is 11.3 Å². The zero-order chi connectivity index (χ0) is 17.4. The van der Waals surface area contributed by atoms with Crippen LogP contribution in [0.4, 0.5) is 4.39 Å². The number of carbonyl (C=O) groups excluding carboxylic acids is 2. The molecular formula is C17H19FN2O3S. The second kappa shape index (κ2) is 9.02. The van der Waals surface area contributed by atoms with Crippen molar-refractivity contribution < 1.29 is 18.7 Å². The van der Waals surface area contributed by atoms with E-state index in [0.717, 1.165) is 0 Å². The van der Waals surface area contributed by atoms with Crippen LogP contribution in [0.3, 0.4) is 0 Å². The van der Waals surface area contributed by atoms with Crippen LogP contribution < -0.4 is 10.1 Å². The van der Waals surface area contributed by atoms with E-state index in [4.69, 9.17) is 4.74 Å². The summed E-state index contributed by atoms with van der Waals surface area (Å²) in [5.74, 6) is -0.0102. The average Bonchev–Trinajstić information content (AvgIpc) is 3.11. The van der Waals surface area contributed by atoms with Gasteiger partial charge >= 0.3 is 0 Å². The minimum Gasteiger partial charge on any atom is -0.492 e. The molecule has 1 heterocycles. The number of benzene rings is 1. The van der Waals surface area contributed by atoms with Gasteiger partial charge in [0.2, 0.25) is 5.91 Å². The standard InChI is InChI=1S/C17H19FN2O3S/c1-20(10-11-23-14-6-4-13(18)5-7-14)16(21)8-9-19-17(22)15-3-2-12-24-15/h2-7,12H,8-11H2,1H3,(H,19,22). The molecule has 0 radical (unpaired) electrons. The fraction of sp³-hybridized carbons (Fsp3) is 0.294. The fourth-order valence-corrected chi connectivity index (χ4v) is 2.56. The number of nitrogens with one attached hydrogen (secondary N) is 1. The van der Waals surface area contributed by atoms with Gasteiger partial charge < -0.3 is 15.0 Å². The molecule has 0 unspecified atom stereocenters. The fourth-order valence-electron chi connectivity index (χ4n) is 1.92. The highest BCUT2D eigenvalue weighted by Crippen LogP contribution is 2.11. The summed E-state index contributed by atoms with van der Waals surface area (Å²) < 4.78 is 18.2. The zero-order valence-electron chi connectivity index (χ0n) is 13.3. The van der Waals surface area contributed by atoms with Gasteiger partial charge in [-0.1, -0.05) is 6.07 Å². The Morgan fingerprint density at radius 2 is 2.00 bits per heavy atom. The molecule has 0 saturated carbocycles. The maximum Gasteiger partial charge on any atom is 0.261 e. The molecule has 128 valence electrons. The molecule has 0 spiro atoms. The molecule has 1 aromatic heterocycles. The van der Waals surface area contributed by atoms with E-state index in [2.05, 4.69) is 5.32 Å². The minimum absolute atomic E-state index is 0.0795. The highest BCUT2D eigenvalue weighted by Gasteiger charge is 2.10. The van der Waals surface area contributed by atoms with Crippen molar-refractivity contribution in [3.63, 3.8) is 0 Å². The third-order valence-corrected chi connectivity index (χ3v) is 4.17. The Morgan fingerprint density at radius 3 is 2.67 bits per heavy atom. The number of rotatable bonds is 8. The second-order valence-electron chi connectivity index (χ2n) is 5.10. The maximum atomic E-state index is 12.8. The normalized spacial score (nSPS) is 10.2. The topological polar surface area (TPSA) is 58.6 Å². The van der Waals surface area contributed by atoms with Gasteiger partial charge in [0.25, 0.3) is 5.91 Å². The van der Waals surface area contributed by atoms with Crippen molar-refractivity contribution in [3.8, 4) is 5.75 Å². The summed E-state index contributed by atoms with van der Waals surface area (Å²) in [5, 5.41) is 4.54. The lowest BCUT2D eigenvalue weighted by Crippen LogP contribution is -2.34. The Hall–Kier alpha value is -2.41. The average molecular weight is 350 g/mol. The van der Waals surface area contributed by atoms with Gasteiger partial charge in [0.05, 0.1) is 11.4 Å². The Morgan fingerprint density at radius 1 is 1.25 bits per heavy atom. The van der Waals surface area contributed by atoms with Gasteiger partial charge in [-0.3, -0.25) is 9.59 Å². The molecule has 0 aliphatic rings. The summed E-state index contributed by atoms with van der Waals surface area (Å²) in [6.07, 6.45) is 0.226. The molecule has 1 aromatic carbocycles. The lowest BCUT2D eigenvalue weighted by atomic mass is 10.3. The van der Waals surface area contributed by atoms with Gasteiger partial charge in [-0.05, 0) is 35.7 Å². The molecule has 2 rings (SSSR count). The Bertz CT molecular complexity index is 659. The van der Waals surface area contributed by atoms with Crippen molar-refractivity contribution in [3.05, 3.63) is 52.5 Å². The van der Waals surface area contributed by atoms with Crippen molar-refractivity contribution in [2.75, 3.05) is 26.7 Å². The molecule has 0 saturated heterocycles. The largest absolute Gasteiger partial charge is 0.492 e. The lowest BCUT2D eigenvalue weighted by molar-refractivity contribution is -0.130. The molecule has 5 nitrogen and oxygen atoms in total. The van der Waals surface area contributed by atoms with E-state index in [1.807, 2.05) is 5.38 Å². The molecule has 0 aliphatic heterocycles. The lowest BCUT2D eigenvalue weighted by Gasteiger charge is -2.17. The number of amides is 2. The van der Waals surface area contributed by atoms with Gasteiger partial charge in [0.1, 0.15) is 18.2 Å². The number of thiophene rings is 1. The van der Waals surface area contributed by atoms with Crippen molar-refractivity contribution in [2.24, 2.45) is 0 Å². The summed E-state index contributed by atoms with van der Waals surface area (Å²) in [5.41, 5.74) is 0.